The number of carbonyl (C=O) groups is 2. The van der Waals surface area contributed by atoms with Crippen LogP contribution in [0.4, 0.5) is 0 Å². The van der Waals surface area contributed by atoms with Crippen LogP contribution in [0.2, 0.25) is 0 Å². The second kappa shape index (κ2) is 6.67. The minimum Gasteiger partial charge on any atom is -0.473 e. The first kappa shape index (κ1) is 14.1. The van der Waals surface area contributed by atoms with Crippen molar-refractivity contribution < 1.29 is 24.9 Å². The zero-order valence-corrected chi connectivity index (χ0v) is 9.48. The van der Waals surface area contributed by atoms with Crippen molar-refractivity contribution in [3.05, 3.63) is 30.1 Å². The number of carboxylic acids is 2. The minimum absolute atomic E-state index is 0.325. The lowest BCUT2D eigenvalue weighted by Crippen LogP contribution is -2.45. The number of aromatic nitrogens is 1. The fourth-order valence-electron chi connectivity index (χ4n) is 1.37. The Morgan fingerprint density at radius 3 is 2.06 bits per heavy atom. The molecule has 7 heteroatoms. The van der Waals surface area contributed by atoms with E-state index >= 15 is 0 Å². The van der Waals surface area contributed by atoms with Crippen LogP contribution >= 0.6 is 0 Å². The lowest BCUT2D eigenvalue weighted by atomic mass is 9.92. The second-order valence-corrected chi connectivity index (χ2v) is 3.75. The van der Waals surface area contributed by atoms with Crippen molar-refractivity contribution >= 4 is 11.9 Å². The molecular weight excluding hydrogens is 240 g/mol. The number of nitrogens with one attached hydrogen (secondary N) is 1. The summed E-state index contributed by atoms with van der Waals surface area (Å²) in [4.78, 5) is 22.1. The Morgan fingerprint density at radius 1 is 1.22 bits per heavy atom. The Bertz CT molecular complexity index is 393. The van der Waals surface area contributed by atoms with Gasteiger partial charge in [-0.2, -0.15) is 0 Å². The van der Waals surface area contributed by atoms with E-state index in [1.54, 1.807) is 12.4 Å². The first-order valence-corrected chi connectivity index (χ1v) is 5.27. The molecule has 98 valence electrons. The van der Waals surface area contributed by atoms with Gasteiger partial charge in [-0.25, -0.2) is 9.59 Å². The predicted molar refractivity (Wildman–Crippen MR) is 60.8 cm³/mol. The summed E-state index contributed by atoms with van der Waals surface area (Å²) in [6.07, 6.45) is 3.10. The van der Waals surface area contributed by atoms with Gasteiger partial charge in [0.05, 0.1) is 6.10 Å². The molecule has 1 unspecified atom stereocenters. The topological polar surface area (TPSA) is 120 Å². The summed E-state index contributed by atoms with van der Waals surface area (Å²) >= 11 is 0. The van der Waals surface area contributed by atoms with Crippen molar-refractivity contribution in [1.82, 2.24) is 10.3 Å². The number of aliphatic carboxylic acids is 2. The van der Waals surface area contributed by atoms with E-state index in [9.17, 15) is 5.11 Å². The third-order valence-corrected chi connectivity index (χ3v) is 2.49. The molecule has 1 aliphatic heterocycles. The van der Waals surface area contributed by atoms with Gasteiger partial charge in [0, 0.05) is 31.4 Å². The van der Waals surface area contributed by atoms with Crippen LogP contribution in [0.15, 0.2) is 24.5 Å². The highest BCUT2D eigenvalue weighted by Crippen LogP contribution is 2.23. The van der Waals surface area contributed by atoms with E-state index in [-0.39, 0.29) is 6.10 Å². The number of rotatable bonds is 2. The Hall–Kier alpha value is -1.99. The molecule has 18 heavy (non-hydrogen) atoms. The van der Waals surface area contributed by atoms with Crippen molar-refractivity contribution in [3.8, 4) is 0 Å². The molecule has 0 bridgehead atoms. The number of hydrogen-bond donors (Lipinski definition) is 4. The average molecular weight is 254 g/mol. The predicted octanol–water partition coefficient (Wildman–Crippen LogP) is -0.510. The standard InChI is InChI=1S/C9H12N2O.C2H2O4/c12-9(8-5-11-6-8)7-1-3-10-4-2-7;3-1(4)2(5)6/h1-4,8-9,11-12H,5-6H2;(H,3,4)(H,5,6). The van der Waals surface area contributed by atoms with E-state index < -0.39 is 11.9 Å². The summed E-state index contributed by atoms with van der Waals surface area (Å²) in [7, 11) is 0. The quantitative estimate of drug-likeness (QED) is 0.524. The van der Waals surface area contributed by atoms with Gasteiger partial charge in [0.1, 0.15) is 0 Å². The zero-order valence-electron chi connectivity index (χ0n) is 9.48. The molecule has 1 saturated heterocycles. The van der Waals surface area contributed by atoms with Gasteiger partial charge < -0.3 is 20.6 Å². The molecule has 7 nitrogen and oxygen atoms in total. The number of pyridine rings is 1. The molecule has 0 radical (unpaired) electrons. The van der Waals surface area contributed by atoms with E-state index in [1.807, 2.05) is 12.1 Å². The van der Waals surface area contributed by atoms with Gasteiger partial charge in [0.25, 0.3) is 0 Å². The van der Waals surface area contributed by atoms with Crippen LogP contribution in [0, 0.1) is 5.92 Å². The van der Waals surface area contributed by atoms with Crippen LogP contribution in [0.25, 0.3) is 0 Å². The highest BCUT2D eigenvalue weighted by Gasteiger charge is 2.25. The van der Waals surface area contributed by atoms with E-state index in [0.717, 1.165) is 18.7 Å². The summed E-state index contributed by atoms with van der Waals surface area (Å²) in [6, 6.07) is 3.73. The highest BCUT2D eigenvalue weighted by molar-refractivity contribution is 6.27. The maximum absolute atomic E-state index is 9.77. The second-order valence-electron chi connectivity index (χ2n) is 3.75. The largest absolute Gasteiger partial charge is 0.473 e. The first-order chi connectivity index (χ1) is 8.52. The molecule has 2 heterocycles. The minimum atomic E-state index is -1.82. The van der Waals surface area contributed by atoms with Crippen LogP contribution < -0.4 is 5.32 Å². The number of carboxylic acid groups (broad SMARTS) is 2. The highest BCUT2D eigenvalue weighted by atomic mass is 16.4. The monoisotopic (exact) mass is 254 g/mol. The van der Waals surface area contributed by atoms with Crippen molar-refractivity contribution in [2.75, 3.05) is 13.1 Å². The summed E-state index contributed by atoms with van der Waals surface area (Å²) in [5.41, 5.74) is 0.969. The molecule has 2 rings (SSSR count). The Kier molecular flexibility index (Phi) is 5.22. The van der Waals surface area contributed by atoms with Crippen LogP contribution in [0.1, 0.15) is 11.7 Å². The van der Waals surface area contributed by atoms with Crippen molar-refractivity contribution in [1.29, 1.82) is 0 Å². The lowest BCUT2D eigenvalue weighted by molar-refractivity contribution is -0.159. The Labute approximate surface area is 103 Å². The van der Waals surface area contributed by atoms with E-state index in [0.29, 0.717) is 5.92 Å². The molecule has 1 aromatic rings. The zero-order chi connectivity index (χ0) is 13.5. The van der Waals surface area contributed by atoms with Crippen molar-refractivity contribution in [2.45, 2.75) is 6.10 Å². The number of aliphatic hydroxyl groups is 1. The molecule has 0 amide bonds. The van der Waals surface area contributed by atoms with Gasteiger partial charge in [-0.15, -0.1) is 0 Å². The molecule has 4 N–H and O–H groups in total. The molecule has 0 saturated carbocycles. The van der Waals surface area contributed by atoms with Gasteiger partial charge in [-0.3, -0.25) is 4.98 Å². The molecular formula is C11H14N2O5. The maximum atomic E-state index is 9.77. The van der Waals surface area contributed by atoms with Crippen molar-refractivity contribution in [3.63, 3.8) is 0 Å². The average Bonchev–Trinajstić information content (AvgIpc) is 2.28. The smallest absolute Gasteiger partial charge is 0.414 e. The van der Waals surface area contributed by atoms with E-state index in [4.69, 9.17) is 19.8 Å². The van der Waals surface area contributed by atoms with Gasteiger partial charge in [0.2, 0.25) is 0 Å². The van der Waals surface area contributed by atoms with Gasteiger partial charge in [0.15, 0.2) is 0 Å². The number of hydrogen-bond acceptors (Lipinski definition) is 5. The summed E-state index contributed by atoms with van der Waals surface area (Å²) in [6.45, 7) is 1.84. The Balaban J connectivity index is 0.000000232. The molecule has 1 aliphatic rings. The third-order valence-electron chi connectivity index (χ3n) is 2.49. The molecule has 1 aromatic heterocycles. The Morgan fingerprint density at radius 2 is 1.72 bits per heavy atom. The fourth-order valence-corrected chi connectivity index (χ4v) is 1.37. The number of nitrogens with zero attached hydrogens (tertiary/aromatic N) is 1. The van der Waals surface area contributed by atoms with Gasteiger partial charge >= 0.3 is 11.9 Å². The normalized spacial score (nSPS) is 15.8. The first-order valence-electron chi connectivity index (χ1n) is 5.27. The maximum Gasteiger partial charge on any atom is 0.414 e. The molecule has 1 atom stereocenters. The molecule has 0 aliphatic carbocycles. The van der Waals surface area contributed by atoms with Crippen LogP contribution in [-0.2, 0) is 9.59 Å². The van der Waals surface area contributed by atoms with Gasteiger partial charge in [-0.1, -0.05) is 0 Å². The summed E-state index contributed by atoms with van der Waals surface area (Å²) in [5.74, 6) is -3.27. The van der Waals surface area contributed by atoms with Gasteiger partial charge in [-0.05, 0) is 17.7 Å². The summed E-state index contributed by atoms with van der Waals surface area (Å²) in [5, 5.41) is 27.7. The SMILES string of the molecule is O=C(O)C(=O)O.OC(c1ccncc1)C1CNC1. The molecule has 0 spiro atoms. The molecule has 0 aromatic carbocycles. The van der Waals surface area contributed by atoms with Crippen molar-refractivity contribution in [2.24, 2.45) is 5.92 Å². The lowest BCUT2D eigenvalue weighted by Gasteiger charge is -2.31. The number of aliphatic hydroxyl groups excluding tert-OH is 1. The fraction of sp³-hybridized carbons (Fsp3) is 0.364. The third kappa shape index (κ3) is 4.11. The van der Waals surface area contributed by atoms with Crippen LogP contribution in [0.3, 0.4) is 0 Å². The van der Waals surface area contributed by atoms with E-state index in [2.05, 4.69) is 10.3 Å². The van der Waals surface area contributed by atoms with Crippen LogP contribution in [0.5, 0.6) is 0 Å². The van der Waals surface area contributed by atoms with E-state index in [1.165, 1.54) is 0 Å². The van der Waals surface area contributed by atoms with Crippen LogP contribution in [-0.4, -0.2) is 45.3 Å². The molecule has 1 fully saturated rings. The summed E-state index contributed by atoms with van der Waals surface area (Å²) < 4.78 is 0.